The molecular weight excluding hydrogens is 236 g/mol. The van der Waals surface area contributed by atoms with E-state index in [1.54, 1.807) is 0 Å². The van der Waals surface area contributed by atoms with Crippen LogP contribution in [0.4, 0.5) is 9.59 Å². The van der Waals surface area contributed by atoms with Crippen LogP contribution in [0.25, 0.3) is 0 Å². The smallest absolute Gasteiger partial charge is 0.407 e. The summed E-state index contributed by atoms with van der Waals surface area (Å²) >= 11 is 0. The van der Waals surface area contributed by atoms with E-state index in [0.29, 0.717) is 12.8 Å². The molecule has 2 saturated heterocycles. The summed E-state index contributed by atoms with van der Waals surface area (Å²) in [4.78, 5) is 25.4. The molecule has 2 aliphatic rings. The molecular formula is C12H18N2O4. The highest BCUT2D eigenvalue weighted by Gasteiger charge is 2.50. The quantitative estimate of drug-likeness (QED) is 0.736. The zero-order valence-electron chi connectivity index (χ0n) is 10.4. The van der Waals surface area contributed by atoms with Gasteiger partial charge in [-0.15, -0.1) is 0 Å². The molecule has 100 valence electrons. The van der Waals surface area contributed by atoms with Gasteiger partial charge in [0.15, 0.2) is 0 Å². The summed E-state index contributed by atoms with van der Waals surface area (Å²) in [5.41, 5.74) is 0.786. The van der Waals surface area contributed by atoms with Crippen LogP contribution in [0.3, 0.4) is 0 Å². The standard InChI is InChI=1S/C12H18N2O4/c1-3-7(2)10-9-5-4-8(14(9)12(17)18)6-13(10)11(15)16/h8-10H,2-6H2,1H3,(H,15,16)(H,17,18)/t8-,9+,10+/m1/s1. The van der Waals surface area contributed by atoms with Crippen LogP contribution in [0.1, 0.15) is 26.2 Å². The highest BCUT2D eigenvalue weighted by atomic mass is 16.4. The molecule has 2 amide bonds. The van der Waals surface area contributed by atoms with Crippen molar-refractivity contribution < 1.29 is 19.8 Å². The van der Waals surface area contributed by atoms with Gasteiger partial charge in [0.05, 0.1) is 18.1 Å². The van der Waals surface area contributed by atoms with E-state index in [-0.39, 0.29) is 18.6 Å². The predicted molar refractivity (Wildman–Crippen MR) is 64.6 cm³/mol. The first-order chi connectivity index (χ1) is 8.47. The fourth-order valence-corrected chi connectivity index (χ4v) is 3.15. The molecule has 2 aliphatic heterocycles. The molecule has 2 N–H and O–H groups in total. The van der Waals surface area contributed by atoms with Crippen LogP contribution >= 0.6 is 0 Å². The molecule has 0 aromatic rings. The van der Waals surface area contributed by atoms with Crippen LogP contribution < -0.4 is 0 Å². The maximum absolute atomic E-state index is 11.3. The molecule has 3 atom stereocenters. The lowest BCUT2D eigenvalue weighted by Gasteiger charge is -2.45. The topological polar surface area (TPSA) is 81.1 Å². The Morgan fingerprint density at radius 1 is 1.28 bits per heavy atom. The van der Waals surface area contributed by atoms with Crippen LogP contribution in [0.5, 0.6) is 0 Å². The van der Waals surface area contributed by atoms with Gasteiger partial charge < -0.3 is 10.2 Å². The highest BCUT2D eigenvalue weighted by Crippen LogP contribution is 2.37. The molecule has 0 aromatic carbocycles. The van der Waals surface area contributed by atoms with Crippen molar-refractivity contribution in [3.8, 4) is 0 Å². The Hall–Kier alpha value is -1.72. The first-order valence-corrected chi connectivity index (χ1v) is 6.15. The average molecular weight is 254 g/mol. The van der Waals surface area contributed by atoms with E-state index in [1.807, 2.05) is 6.92 Å². The van der Waals surface area contributed by atoms with Gasteiger partial charge in [-0.3, -0.25) is 9.80 Å². The van der Waals surface area contributed by atoms with Gasteiger partial charge in [0.25, 0.3) is 0 Å². The van der Waals surface area contributed by atoms with Gasteiger partial charge in [-0.25, -0.2) is 9.59 Å². The van der Waals surface area contributed by atoms with E-state index in [4.69, 9.17) is 0 Å². The number of hydrogen-bond acceptors (Lipinski definition) is 2. The summed E-state index contributed by atoms with van der Waals surface area (Å²) in [5.74, 6) is 0. The molecule has 2 bridgehead atoms. The van der Waals surface area contributed by atoms with Crippen molar-refractivity contribution in [1.29, 1.82) is 0 Å². The Morgan fingerprint density at radius 3 is 2.44 bits per heavy atom. The molecule has 0 aliphatic carbocycles. The number of carbonyl (C=O) groups is 2. The maximum Gasteiger partial charge on any atom is 0.407 e. The number of piperazine rings is 1. The minimum atomic E-state index is -0.989. The summed E-state index contributed by atoms with van der Waals surface area (Å²) < 4.78 is 0. The van der Waals surface area contributed by atoms with Crippen LogP contribution in [-0.4, -0.2) is 56.9 Å². The van der Waals surface area contributed by atoms with Crippen LogP contribution in [0, 0.1) is 0 Å². The number of fused-ring (bicyclic) bond motifs is 2. The van der Waals surface area contributed by atoms with Gasteiger partial charge >= 0.3 is 12.2 Å². The second-order valence-electron chi connectivity index (χ2n) is 4.88. The van der Waals surface area contributed by atoms with Crippen molar-refractivity contribution in [1.82, 2.24) is 9.80 Å². The van der Waals surface area contributed by atoms with E-state index in [1.165, 1.54) is 9.80 Å². The van der Waals surface area contributed by atoms with Gasteiger partial charge in [-0.05, 0) is 19.3 Å². The maximum atomic E-state index is 11.3. The molecule has 0 unspecified atom stereocenters. The fraction of sp³-hybridized carbons (Fsp3) is 0.667. The molecule has 0 spiro atoms. The second-order valence-corrected chi connectivity index (χ2v) is 4.88. The Balaban J connectivity index is 2.33. The average Bonchev–Trinajstić information content (AvgIpc) is 2.63. The summed E-state index contributed by atoms with van der Waals surface area (Å²) in [6, 6.07) is -0.878. The highest BCUT2D eigenvalue weighted by molar-refractivity contribution is 5.70. The summed E-state index contributed by atoms with van der Waals surface area (Å²) in [5, 5.41) is 18.5. The Labute approximate surface area is 105 Å². The van der Waals surface area contributed by atoms with Gasteiger partial charge in [0.1, 0.15) is 0 Å². The SMILES string of the molecule is C=C(CC)[C@H]1[C@@H]2CC[C@H](CN1C(=O)O)N2C(=O)O. The third-order valence-corrected chi connectivity index (χ3v) is 3.99. The van der Waals surface area contributed by atoms with Gasteiger partial charge in [-0.2, -0.15) is 0 Å². The van der Waals surface area contributed by atoms with Crippen molar-refractivity contribution >= 4 is 12.2 Å². The lowest BCUT2D eigenvalue weighted by molar-refractivity contribution is 0.0351. The van der Waals surface area contributed by atoms with Crippen LogP contribution in [0.15, 0.2) is 12.2 Å². The number of hydrogen-bond donors (Lipinski definition) is 2. The van der Waals surface area contributed by atoms with Crippen molar-refractivity contribution in [3.63, 3.8) is 0 Å². The van der Waals surface area contributed by atoms with E-state index < -0.39 is 18.2 Å². The molecule has 0 aromatic heterocycles. The molecule has 2 rings (SSSR count). The number of nitrogens with zero attached hydrogens (tertiary/aromatic N) is 2. The molecule has 6 heteroatoms. The van der Waals surface area contributed by atoms with Crippen molar-refractivity contribution in [2.75, 3.05) is 6.54 Å². The van der Waals surface area contributed by atoms with E-state index in [2.05, 4.69) is 6.58 Å². The molecule has 2 fully saturated rings. The number of amides is 2. The summed E-state index contributed by atoms with van der Waals surface area (Å²) in [6.07, 6.45) is 0.153. The third-order valence-electron chi connectivity index (χ3n) is 3.99. The summed E-state index contributed by atoms with van der Waals surface area (Å²) in [7, 11) is 0. The first kappa shape index (κ1) is 12.7. The molecule has 2 heterocycles. The van der Waals surface area contributed by atoms with Gasteiger partial charge in [0, 0.05) is 6.54 Å². The van der Waals surface area contributed by atoms with Gasteiger partial charge in [-0.1, -0.05) is 19.1 Å². The monoisotopic (exact) mass is 254 g/mol. The summed E-state index contributed by atoms with van der Waals surface area (Å²) in [6.45, 7) is 6.08. The Bertz CT molecular complexity index is 396. The van der Waals surface area contributed by atoms with Crippen molar-refractivity contribution in [2.24, 2.45) is 0 Å². The lowest BCUT2D eigenvalue weighted by Crippen LogP contribution is -2.62. The molecule has 18 heavy (non-hydrogen) atoms. The largest absolute Gasteiger partial charge is 0.465 e. The zero-order chi connectivity index (χ0) is 13.4. The van der Waals surface area contributed by atoms with E-state index in [0.717, 1.165) is 12.0 Å². The second kappa shape index (κ2) is 4.51. The molecule has 0 radical (unpaired) electrons. The van der Waals surface area contributed by atoms with Crippen LogP contribution in [0.2, 0.25) is 0 Å². The first-order valence-electron chi connectivity index (χ1n) is 6.15. The van der Waals surface area contributed by atoms with Crippen LogP contribution in [-0.2, 0) is 0 Å². The van der Waals surface area contributed by atoms with Gasteiger partial charge in [0.2, 0.25) is 0 Å². The van der Waals surface area contributed by atoms with Crippen molar-refractivity contribution in [3.05, 3.63) is 12.2 Å². The fourth-order valence-electron chi connectivity index (χ4n) is 3.15. The van der Waals surface area contributed by atoms with Crippen molar-refractivity contribution in [2.45, 2.75) is 44.3 Å². The normalized spacial score (nSPS) is 30.4. The Morgan fingerprint density at radius 2 is 1.94 bits per heavy atom. The third kappa shape index (κ3) is 1.81. The minimum Gasteiger partial charge on any atom is -0.465 e. The predicted octanol–water partition coefficient (Wildman–Crippen LogP) is 1.83. The molecule has 6 nitrogen and oxygen atoms in total. The van der Waals surface area contributed by atoms with E-state index in [9.17, 15) is 19.8 Å². The lowest BCUT2D eigenvalue weighted by atomic mass is 9.94. The Kier molecular flexibility index (Phi) is 3.19. The number of likely N-dealkylation sites (tertiary alicyclic amines) is 1. The zero-order valence-corrected chi connectivity index (χ0v) is 10.4. The van der Waals surface area contributed by atoms with E-state index >= 15 is 0 Å². The molecule has 0 saturated carbocycles. The number of rotatable bonds is 2. The number of carboxylic acid groups (broad SMARTS) is 2. The minimum absolute atomic E-state index is 0.204.